The highest BCUT2D eigenvalue weighted by Gasteiger charge is 2.12. The molecule has 0 amide bonds. The molecule has 0 N–H and O–H groups in total. The largest absolute Gasteiger partial charge is 0.419 e. The van der Waals surface area contributed by atoms with Crippen molar-refractivity contribution in [3.05, 3.63) is 66.1 Å². The Bertz CT molecular complexity index is 748. The van der Waals surface area contributed by atoms with E-state index in [9.17, 15) is 4.79 Å². The average molecular weight is 266 g/mol. The molecular formula is C16H14N2O2. The molecule has 4 heteroatoms. The molecule has 0 radical (unpaired) electrons. The normalized spacial score (nSPS) is 10.7. The summed E-state index contributed by atoms with van der Waals surface area (Å²) in [6, 6.07) is 12.5. The van der Waals surface area contributed by atoms with Crippen molar-refractivity contribution in [1.82, 2.24) is 9.38 Å². The summed E-state index contributed by atoms with van der Waals surface area (Å²) in [7, 11) is 0. The molecule has 20 heavy (non-hydrogen) atoms. The maximum atomic E-state index is 12.1. The number of aromatic nitrogens is 2. The molecule has 2 heterocycles. The molecule has 0 spiro atoms. The van der Waals surface area contributed by atoms with Gasteiger partial charge in [0.2, 0.25) is 0 Å². The molecule has 0 unspecified atom stereocenters. The summed E-state index contributed by atoms with van der Waals surface area (Å²) < 4.78 is 7.32. The van der Waals surface area contributed by atoms with Crippen molar-refractivity contribution in [3.8, 4) is 5.75 Å². The lowest BCUT2D eigenvalue weighted by atomic mass is 10.2. The van der Waals surface area contributed by atoms with Crippen LogP contribution in [0.4, 0.5) is 0 Å². The first-order valence-electron chi connectivity index (χ1n) is 6.51. The number of benzene rings is 1. The molecule has 0 atom stereocenters. The van der Waals surface area contributed by atoms with Crippen molar-refractivity contribution in [1.29, 1.82) is 0 Å². The van der Waals surface area contributed by atoms with Gasteiger partial charge < -0.3 is 9.14 Å². The van der Waals surface area contributed by atoms with Crippen molar-refractivity contribution < 1.29 is 9.53 Å². The van der Waals surface area contributed by atoms with Gasteiger partial charge in [0.25, 0.3) is 0 Å². The second kappa shape index (κ2) is 5.17. The quantitative estimate of drug-likeness (QED) is 0.684. The smallest absolute Gasteiger partial charge is 0.343 e. The number of pyridine rings is 1. The van der Waals surface area contributed by atoms with Crippen LogP contribution in [0.15, 0.2) is 54.9 Å². The number of fused-ring (bicyclic) bond motifs is 1. The van der Waals surface area contributed by atoms with Crippen LogP contribution in [-0.4, -0.2) is 15.4 Å². The van der Waals surface area contributed by atoms with Crippen LogP contribution >= 0.6 is 0 Å². The Morgan fingerprint density at radius 3 is 2.75 bits per heavy atom. The van der Waals surface area contributed by atoms with Gasteiger partial charge in [0.1, 0.15) is 0 Å². The van der Waals surface area contributed by atoms with Gasteiger partial charge in [0, 0.05) is 12.4 Å². The Labute approximate surface area is 116 Å². The summed E-state index contributed by atoms with van der Waals surface area (Å²) in [5.41, 5.74) is 2.15. The van der Waals surface area contributed by atoms with Crippen molar-refractivity contribution in [2.24, 2.45) is 0 Å². The fourth-order valence-corrected chi connectivity index (χ4v) is 2.02. The zero-order valence-electron chi connectivity index (χ0n) is 11.1. The number of carbonyl (C=O) groups is 1. The van der Waals surface area contributed by atoms with Crippen LogP contribution in [0.1, 0.15) is 23.0 Å². The molecule has 0 aliphatic rings. The van der Waals surface area contributed by atoms with Crippen LogP contribution < -0.4 is 4.74 Å². The standard InChI is InChI=1S/C16H14N2O2/c1-2-13-11-18-10-6-9-14(15(18)17-13)20-16(19)12-7-4-3-5-8-12/h3-11H,2H2,1H3. The summed E-state index contributed by atoms with van der Waals surface area (Å²) >= 11 is 0. The van der Waals surface area contributed by atoms with Crippen molar-refractivity contribution in [3.63, 3.8) is 0 Å². The predicted molar refractivity (Wildman–Crippen MR) is 76.0 cm³/mol. The molecule has 1 aromatic carbocycles. The summed E-state index contributed by atoms with van der Waals surface area (Å²) in [4.78, 5) is 16.5. The zero-order chi connectivity index (χ0) is 13.9. The lowest BCUT2D eigenvalue weighted by Crippen LogP contribution is -2.09. The van der Waals surface area contributed by atoms with E-state index in [-0.39, 0.29) is 5.97 Å². The minimum absolute atomic E-state index is 0.375. The second-order valence-electron chi connectivity index (χ2n) is 4.44. The van der Waals surface area contributed by atoms with Gasteiger partial charge in [0.15, 0.2) is 11.4 Å². The van der Waals surface area contributed by atoms with Gasteiger partial charge in [-0.2, -0.15) is 0 Å². The number of hydrogen-bond acceptors (Lipinski definition) is 3. The lowest BCUT2D eigenvalue weighted by molar-refractivity contribution is 0.0736. The van der Waals surface area contributed by atoms with E-state index in [1.54, 1.807) is 18.2 Å². The Morgan fingerprint density at radius 2 is 2.00 bits per heavy atom. The summed E-state index contributed by atoms with van der Waals surface area (Å²) in [6.07, 6.45) is 4.67. The number of carbonyl (C=O) groups excluding carboxylic acids is 1. The fourth-order valence-electron chi connectivity index (χ4n) is 2.02. The number of imidazole rings is 1. The Balaban J connectivity index is 1.95. The van der Waals surface area contributed by atoms with Crippen LogP contribution in [0.5, 0.6) is 5.75 Å². The molecular weight excluding hydrogens is 252 g/mol. The van der Waals surface area contributed by atoms with E-state index in [4.69, 9.17) is 4.74 Å². The minimum atomic E-state index is -0.375. The number of rotatable bonds is 3. The molecule has 2 aromatic heterocycles. The van der Waals surface area contributed by atoms with Gasteiger partial charge in [-0.3, -0.25) is 0 Å². The SMILES string of the molecule is CCc1cn2cccc(OC(=O)c3ccccc3)c2n1. The fraction of sp³-hybridized carbons (Fsp3) is 0.125. The number of aryl methyl sites for hydroxylation is 1. The van der Waals surface area contributed by atoms with E-state index >= 15 is 0 Å². The van der Waals surface area contributed by atoms with Gasteiger partial charge in [-0.1, -0.05) is 25.1 Å². The molecule has 0 aliphatic heterocycles. The van der Waals surface area contributed by atoms with Gasteiger partial charge in [-0.05, 0) is 30.7 Å². The van der Waals surface area contributed by atoms with Gasteiger partial charge in [-0.15, -0.1) is 0 Å². The monoisotopic (exact) mass is 266 g/mol. The van der Waals surface area contributed by atoms with Gasteiger partial charge in [-0.25, -0.2) is 9.78 Å². The van der Waals surface area contributed by atoms with Crippen LogP contribution in [0.2, 0.25) is 0 Å². The molecule has 3 rings (SSSR count). The number of nitrogens with zero attached hydrogens (tertiary/aromatic N) is 2. The summed E-state index contributed by atoms with van der Waals surface area (Å²) in [5, 5.41) is 0. The first kappa shape index (κ1) is 12.4. The van der Waals surface area contributed by atoms with Crippen molar-refractivity contribution in [2.45, 2.75) is 13.3 Å². The molecule has 100 valence electrons. The molecule has 0 aliphatic carbocycles. The highest BCUT2D eigenvalue weighted by atomic mass is 16.5. The minimum Gasteiger partial charge on any atom is -0.419 e. The highest BCUT2D eigenvalue weighted by molar-refractivity contribution is 5.91. The van der Waals surface area contributed by atoms with E-state index in [1.165, 1.54) is 0 Å². The number of esters is 1. The molecule has 0 saturated heterocycles. The maximum absolute atomic E-state index is 12.1. The maximum Gasteiger partial charge on any atom is 0.343 e. The second-order valence-corrected chi connectivity index (χ2v) is 4.44. The zero-order valence-corrected chi connectivity index (χ0v) is 11.1. The van der Waals surface area contributed by atoms with Gasteiger partial charge >= 0.3 is 5.97 Å². The number of hydrogen-bond donors (Lipinski definition) is 0. The third-order valence-corrected chi connectivity index (χ3v) is 3.07. The Morgan fingerprint density at radius 1 is 1.20 bits per heavy atom. The number of ether oxygens (including phenoxy) is 1. The van der Waals surface area contributed by atoms with E-state index < -0.39 is 0 Å². The van der Waals surface area contributed by atoms with E-state index in [2.05, 4.69) is 4.98 Å². The molecule has 4 nitrogen and oxygen atoms in total. The first-order chi connectivity index (χ1) is 9.78. The average Bonchev–Trinajstić information content (AvgIpc) is 2.92. The first-order valence-corrected chi connectivity index (χ1v) is 6.51. The van der Waals surface area contributed by atoms with Crippen molar-refractivity contribution >= 4 is 11.6 Å². The molecule has 0 bridgehead atoms. The van der Waals surface area contributed by atoms with Crippen LogP contribution in [-0.2, 0) is 6.42 Å². The van der Waals surface area contributed by atoms with Crippen LogP contribution in [0.25, 0.3) is 5.65 Å². The van der Waals surface area contributed by atoms with E-state index in [0.717, 1.165) is 12.1 Å². The van der Waals surface area contributed by atoms with Gasteiger partial charge in [0.05, 0.1) is 11.3 Å². The third-order valence-electron chi connectivity index (χ3n) is 3.07. The summed E-state index contributed by atoms with van der Waals surface area (Å²) in [6.45, 7) is 2.04. The lowest BCUT2D eigenvalue weighted by Gasteiger charge is -2.05. The topological polar surface area (TPSA) is 43.6 Å². The summed E-state index contributed by atoms with van der Waals surface area (Å²) in [5.74, 6) is 0.0980. The third kappa shape index (κ3) is 2.28. The Hall–Kier alpha value is -2.62. The molecule has 3 aromatic rings. The molecule has 0 saturated carbocycles. The highest BCUT2D eigenvalue weighted by Crippen LogP contribution is 2.20. The van der Waals surface area contributed by atoms with Crippen molar-refractivity contribution in [2.75, 3.05) is 0 Å². The predicted octanol–water partition coefficient (Wildman–Crippen LogP) is 3.12. The van der Waals surface area contributed by atoms with E-state index in [1.807, 2.05) is 48.0 Å². The molecule has 0 fully saturated rings. The van der Waals surface area contributed by atoms with E-state index in [0.29, 0.717) is 17.0 Å². The van der Waals surface area contributed by atoms with Crippen LogP contribution in [0, 0.1) is 0 Å². The van der Waals surface area contributed by atoms with Crippen LogP contribution in [0.3, 0.4) is 0 Å². The Kier molecular flexibility index (Phi) is 3.21.